The first kappa shape index (κ1) is 19.8. The lowest BCUT2D eigenvalue weighted by atomic mass is 10.1. The highest BCUT2D eigenvalue weighted by Gasteiger charge is 2.27. The van der Waals surface area contributed by atoms with E-state index in [0.29, 0.717) is 7.14 Å². The highest BCUT2D eigenvalue weighted by Crippen LogP contribution is 2.36. The van der Waals surface area contributed by atoms with Gasteiger partial charge in [0, 0.05) is 9.77 Å². The van der Waals surface area contributed by atoms with Crippen LogP contribution in [0.25, 0.3) is 5.57 Å². The molecule has 25 heavy (non-hydrogen) atoms. The summed E-state index contributed by atoms with van der Waals surface area (Å²) < 4.78 is 0.746. The highest BCUT2D eigenvalue weighted by atomic mass is 127. The van der Waals surface area contributed by atoms with Gasteiger partial charge in [-0.05, 0) is 73.0 Å². The molecule has 0 amide bonds. The maximum atomic E-state index is 11.5. The van der Waals surface area contributed by atoms with E-state index in [-0.39, 0.29) is 31.8 Å². The molecule has 4 N–H and O–H groups in total. The summed E-state index contributed by atoms with van der Waals surface area (Å²) in [7, 11) is 0. The normalized spacial score (nSPS) is 11.0. The summed E-state index contributed by atoms with van der Waals surface area (Å²) in [6.45, 7) is 0. The first-order valence-corrected chi connectivity index (χ1v) is 9.30. The lowest BCUT2D eigenvalue weighted by Gasteiger charge is -2.15. The zero-order valence-electron chi connectivity index (χ0n) is 11.7. The van der Waals surface area contributed by atoms with Crippen molar-refractivity contribution in [1.29, 1.82) is 5.26 Å². The SMILES string of the molecule is N#CC(=CNc1c(I)c(C(=O)O)c(I)c(C(=O)O)c1I)c1nn[nH]n1. The number of aromatic carboxylic acids is 2. The van der Waals surface area contributed by atoms with E-state index in [4.69, 9.17) is 0 Å². The number of H-pyrrole nitrogens is 1. The molecule has 0 unspecified atom stereocenters. The van der Waals surface area contributed by atoms with Gasteiger partial charge in [0.2, 0.25) is 5.82 Å². The van der Waals surface area contributed by atoms with E-state index in [2.05, 4.69) is 25.9 Å². The first-order valence-electron chi connectivity index (χ1n) is 6.07. The molecule has 0 bridgehead atoms. The standard InChI is InChI=1S/C12H5I3N6O4/c13-6-4(11(22)23)7(14)9(8(15)5(6)12(24)25)17-2-3(1-16)10-18-20-21-19-10/h2,17H,(H,22,23)(H,24,25)(H,18,19,20,21). The number of hydrogen-bond acceptors (Lipinski definition) is 7. The number of tetrazole rings is 1. The summed E-state index contributed by atoms with van der Waals surface area (Å²) in [5.74, 6) is -2.46. The molecule has 0 radical (unpaired) electrons. The number of rotatable bonds is 5. The molecule has 0 fully saturated rings. The van der Waals surface area contributed by atoms with Gasteiger partial charge in [0.1, 0.15) is 11.6 Å². The third-order valence-electron chi connectivity index (χ3n) is 2.81. The minimum Gasteiger partial charge on any atom is -0.478 e. The number of carboxylic acid groups (broad SMARTS) is 2. The molecule has 0 atom stereocenters. The van der Waals surface area contributed by atoms with Crippen LogP contribution >= 0.6 is 67.8 Å². The number of halogens is 3. The van der Waals surface area contributed by atoms with Crippen LogP contribution in [0.2, 0.25) is 0 Å². The molecule has 0 aliphatic carbocycles. The van der Waals surface area contributed by atoms with E-state index in [0.717, 1.165) is 0 Å². The van der Waals surface area contributed by atoms with Gasteiger partial charge >= 0.3 is 11.9 Å². The van der Waals surface area contributed by atoms with Crippen molar-refractivity contribution in [3.05, 3.63) is 33.9 Å². The Hall–Kier alpha value is -1.55. The van der Waals surface area contributed by atoms with Crippen molar-refractivity contribution in [2.75, 3.05) is 5.32 Å². The number of nitriles is 1. The Morgan fingerprint density at radius 3 is 2.08 bits per heavy atom. The van der Waals surface area contributed by atoms with Gasteiger partial charge in [-0.25, -0.2) is 9.59 Å². The number of nitrogens with zero attached hydrogens (tertiary/aromatic N) is 4. The van der Waals surface area contributed by atoms with Crippen LogP contribution in [0.3, 0.4) is 0 Å². The third kappa shape index (κ3) is 4.00. The van der Waals surface area contributed by atoms with Crippen LogP contribution in [-0.4, -0.2) is 42.8 Å². The quantitative estimate of drug-likeness (QED) is 0.275. The first-order chi connectivity index (χ1) is 11.8. The predicted octanol–water partition coefficient (Wildman–Crippen LogP) is 2.39. The third-order valence-corrected chi connectivity index (χ3v) is 6.05. The Morgan fingerprint density at radius 1 is 1.12 bits per heavy atom. The van der Waals surface area contributed by atoms with Gasteiger partial charge in [0.05, 0.1) is 24.0 Å². The van der Waals surface area contributed by atoms with Crippen LogP contribution in [-0.2, 0) is 0 Å². The summed E-state index contributed by atoms with van der Waals surface area (Å²) >= 11 is 5.32. The van der Waals surface area contributed by atoms with E-state index in [1.807, 2.05) is 51.3 Å². The van der Waals surface area contributed by atoms with Gasteiger partial charge in [0.25, 0.3) is 0 Å². The van der Waals surface area contributed by atoms with Crippen molar-refractivity contribution < 1.29 is 19.8 Å². The summed E-state index contributed by atoms with van der Waals surface area (Å²) in [5, 5.41) is 43.7. The van der Waals surface area contributed by atoms with Crippen LogP contribution in [0.4, 0.5) is 5.69 Å². The molecule has 0 saturated carbocycles. The fourth-order valence-electron chi connectivity index (χ4n) is 1.73. The van der Waals surface area contributed by atoms with Crippen molar-refractivity contribution in [2.45, 2.75) is 0 Å². The van der Waals surface area contributed by atoms with Crippen molar-refractivity contribution in [3.8, 4) is 6.07 Å². The highest BCUT2D eigenvalue weighted by molar-refractivity contribution is 14.1. The lowest BCUT2D eigenvalue weighted by molar-refractivity contribution is 0.0694. The number of aromatic nitrogens is 4. The molecule has 10 nitrogen and oxygen atoms in total. The maximum absolute atomic E-state index is 11.5. The summed E-state index contributed by atoms with van der Waals surface area (Å²) in [5.41, 5.74) is 0.0290. The molecular weight excluding hydrogens is 673 g/mol. The number of carboxylic acids is 2. The second-order valence-corrected chi connectivity index (χ2v) is 7.46. The van der Waals surface area contributed by atoms with Crippen molar-refractivity contribution in [3.63, 3.8) is 0 Å². The van der Waals surface area contributed by atoms with E-state index >= 15 is 0 Å². The van der Waals surface area contributed by atoms with Crippen molar-refractivity contribution in [1.82, 2.24) is 20.6 Å². The molecule has 0 saturated heterocycles. The number of nitrogens with one attached hydrogen (secondary N) is 2. The van der Waals surface area contributed by atoms with Gasteiger partial charge in [0.15, 0.2) is 0 Å². The average Bonchev–Trinajstić information content (AvgIpc) is 3.04. The van der Waals surface area contributed by atoms with E-state index in [1.54, 1.807) is 22.6 Å². The fraction of sp³-hybridized carbons (Fsp3) is 0. The van der Waals surface area contributed by atoms with Crippen LogP contribution in [0.5, 0.6) is 0 Å². The van der Waals surface area contributed by atoms with Gasteiger partial charge in [-0.15, -0.1) is 10.2 Å². The molecule has 2 rings (SSSR count). The van der Waals surface area contributed by atoms with Crippen molar-refractivity contribution >= 4 is 91.0 Å². The smallest absolute Gasteiger partial charge is 0.337 e. The molecule has 1 heterocycles. The Balaban J connectivity index is 2.63. The zero-order chi connectivity index (χ0) is 18.7. The van der Waals surface area contributed by atoms with Gasteiger partial charge < -0.3 is 15.5 Å². The van der Waals surface area contributed by atoms with Crippen LogP contribution in [0.1, 0.15) is 26.5 Å². The van der Waals surface area contributed by atoms with Gasteiger partial charge in [-0.1, -0.05) is 0 Å². The Bertz CT molecular complexity index is 894. The number of benzene rings is 1. The van der Waals surface area contributed by atoms with E-state index in [9.17, 15) is 25.1 Å². The Labute approximate surface area is 180 Å². The molecule has 13 heteroatoms. The molecule has 128 valence electrons. The van der Waals surface area contributed by atoms with E-state index < -0.39 is 11.9 Å². The molecule has 1 aromatic heterocycles. The van der Waals surface area contributed by atoms with Crippen LogP contribution in [0.15, 0.2) is 6.20 Å². The number of allylic oxidation sites excluding steroid dienone is 1. The number of carbonyl (C=O) groups is 2. The zero-order valence-corrected chi connectivity index (χ0v) is 18.2. The summed E-state index contributed by atoms with van der Waals surface area (Å²) in [4.78, 5) is 23.1. The topological polar surface area (TPSA) is 165 Å². The maximum Gasteiger partial charge on any atom is 0.337 e. The molecule has 2 aromatic rings. The molecule has 1 aromatic carbocycles. The number of hydrogen-bond donors (Lipinski definition) is 4. The molecule has 0 spiro atoms. The number of anilines is 1. The predicted molar refractivity (Wildman–Crippen MR) is 110 cm³/mol. The second kappa shape index (κ2) is 8.22. The molecular formula is C12H5I3N6O4. The van der Waals surface area contributed by atoms with Gasteiger partial charge in [-0.2, -0.15) is 10.5 Å². The van der Waals surface area contributed by atoms with E-state index in [1.165, 1.54) is 6.20 Å². The largest absolute Gasteiger partial charge is 0.478 e. The second-order valence-electron chi connectivity index (χ2n) is 4.23. The molecule has 0 aliphatic rings. The van der Waals surface area contributed by atoms with Crippen LogP contribution in [0, 0.1) is 22.0 Å². The minimum absolute atomic E-state index is 0.0349. The number of aromatic amines is 1. The van der Waals surface area contributed by atoms with Crippen molar-refractivity contribution in [2.24, 2.45) is 0 Å². The summed E-state index contributed by atoms with van der Waals surface area (Å²) in [6, 6.07) is 1.87. The lowest BCUT2D eigenvalue weighted by Crippen LogP contribution is -2.15. The Kier molecular flexibility index (Phi) is 6.50. The molecule has 0 aliphatic heterocycles. The summed E-state index contributed by atoms with van der Waals surface area (Å²) in [6.07, 6.45) is 1.26. The fourth-order valence-corrected chi connectivity index (χ4v) is 6.13. The van der Waals surface area contributed by atoms with Gasteiger partial charge in [-0.3, -0.25) is 0 Å². The minimum atomic E-state index is -1.25. The van der Waals surface area contributed by atoms with Crippen LogP contribution < -0.4 is 5.32 Å². The Morgan fingerprint density at radius 2 is 1.68 bits per heavy atom. The monoisotopic (exact) mass is 678 g/mol. The average molecular weight is 678 g/mol.